The van der Waals surface area contributed by atoms with E-state index in [0.717, 1.165) is 5.56 Å². The molecule has 0 saturated carbocycles. The maximum Gasteiger partial charge on any atom is 0.261 e. The Morgan fingerprint density at radius 3 is 2.88 bits per heavy atom. The summed E-state index contributed by atoms with van der Waals surface area (Å²) in [6.07, 6.45) is 0.596. The van der Waals surface area contributed by atoms with Gasteiger partial charge in [0, 0.05) is 12.5 Å². The van der Waals surface area contributed by atoms with Gasteiger partial charge in [-0.25, -0.2) is 0 Å². The van der Waals surface area contributed by atoms with Gasteiger partial charge in [0.05, 0.1) is 12.7 Å². The van der Waals surface area contributed by atoms with Crippen LogP contribution in [0.15, 0.2) is 28.8 Å². The SMILES string of the molecule is COc1ccccc1-c1nc(CC(C)N)no1. The molecule has 2 N–H and O–H groups in total. The van der Waals surface area contributed by atoms with Crippen molar-refractivity contribution in [2.75, 3.05) is 7.11 Å². The van der Waals surface area contributed by atoms with E-state index in [-0.39, 0.29) is 6.04 Å². The lowest BCUT2D eigenvalue weighted by Gasteiger charge is -2.02. The van der Waals surface area contributed by atoms with Gasteiger partial charge in [-0.3, -0.25) is 0 Å². The Labute approximate surface area is 99.6 Å². The molecule has 1 aromatic carbocycles. The summed E-state index contributed by atoms with van der Waals surface area (Å²) < 4.78 is 10.4. The molecule has 1 unspecified atom stereocenters. The van der Waals surface area contributed by atoms with Gasteiger partial charge in [0.2, 0.25) is 0 Å². The fourth-order valence-corrected chi connectivity index (χ4v) is 1.56. The Hall–Kier alpha value is -1.88. The molecule has 0 aliphatic rings. The number of aromatic nitrogens is 2. The lowest BCUT2D eigenvalue weighted by Crippen LogP contribution is -2.18. The molecule has 17 heavy (non-hydrogen) atoms. The van der Waals surface area contributed by atoms with E-state index in [1.807, 2.05) is 31.2 Å². The van der Waals surface area contributed by atoms with Crippen LogP contribution in [0.2, 0.25) is 0 Å². The molecular weight excluding hydrogens is 218 g/mol. The van der Waals surface area contributed by atoms with Crippen LogP contribution in [0, 0.1) is 0 Å². The van der Waals surface area contributed by atoms with Gasteiger partial charge in [0.1, 0.15) is 5.75 Å². The molecule has 0 aliphatic carbocycles. The minimum Gasteiger partial charge on any atom is -0.496 e. The van der Waals surface area contributed by atoms with Crippen LogP contribution in [0.4, 0.5) is 0 Å². The average Bonchev–Trinajstić information content (AvgIpc) is 2.76. The standard InChI is InChI=1S/C12H15N3O2/c1-8(13)7-11-14-12(17-15-11)9-5-3-4-6-10(9)16-2/h3-6,8H,7,13H2,1-2H3. The van der Waals surface area contributed by atoms with Crippen LogP contribution in [0.1, 0.15) is 12.7 Å². The van der Waals surface area contributed by atoms with Gasteiger partial charge in [-0.05, 0) is 19.1 Å². The molecule has 0 amide bonds. The monoisotopic (exact) mass is 233 g/mol. The van der Waals surface area contributed by atoms with E-state index in [9.17, 15) is 0 Å². The van der Waals surface area contributed by atoms with E-state index >= 15 is 0 Å². The molecule has 0 fully saturated rings. The second kappa shape index (κ2) is 4.97. The number of methoxy groups -OCH3 is 1. The fraction of sp³-hybridized carbons (Fsp3) is 0.333. The number of rotatable bonds is 4. The normalized spacial score (nSPS) is 12.4. The fourth-order valence-electron chi connectivity index (χ4n) is 1.56. The number of benzene rings is 1. The Bertz CT molecular complexity index is 494. The largest absolute Gasteiger partial charge is 0.496 e. The Morgan fingerprint density at radius 2 is 2.18 bits per heavy atom. The molecule has 2 rings (SSSR count). The first-order valence-corrected chi connectivity index (χ1v) is 5.42. The summed E-state index contributed by atoms with van der Waals surface area (Å²) in [6.45, 7) is 1.90. The highest BCUT2D eigenvalue weighted by Crippen LogP contribution is 2.27. The highest BCUT2D eigenvalue weighted by Gasteiger charge is 2.13. The van der Waals surface area contributed by atoms with Crippen molar-refractivity contribution in [2.24, 2.45) is 5.73 Å². The number of ether oxygens (including phenoxy) is 1. The highest BCUT2D eigenvalue weighted by atomic mass is 16.5. The average molecular weight is 233 g/mol. The van der Waals surface area contributed by atoms with E-state index in [0.29, 0.717) is 23.9 Å². The second-order valence-corrected chi connectivity index (χ2v) is 3.90. The van der Waals surface area contributed by atoms with Crippen molar-refractivity contribution in [2.45, 2.75) is 19.4 Å². The Balaban J connectivity index is 2.30. The molecule has 0 radical (unpaired) electrons. The molecule has 0 bridgehead atoms. The van der Waals surface area contributed by atoms with Gasteiger partial charge in [0.15, 0.2) is 5.82 Å². The predicted molar refractivity (Wildman–Crippen MR) is 63.6 cm³/mol. The van der Waals surface area contributed by atoms with E-state index in [2.05, 4.69) is 10.1 Å². The van der Waals surface area contributed by atoms with Gasteiger partial charge in [-0.2, -0.15) is 4.98 Å². The first kappa shape index (κ1) is 11.6. The zero-order valence-electron chi connectivity index (χ0n) is 9.88. The molecule has 5 nitrogen and oxygen atoms in total. The molecule has 1 heterocycles. The third kappa shape index (κ3) is 2.62. The third-order valence-electron chi connectivity index (χ3n) is 2.31. The van der Waals surface area contributed by atoms with Crippen molar-refractivity contribution in [1.29, 1.82) is 0 Å². The molecule has 0 saturated heterocycles. The summed E-state index contributed by atoms with van der Waals surface area (Å²) >= 11 is 0. The minimum atomic E-state index is 0.0121. The predicted octanol–water partition coefficient (Wildman–Crippen LogP) is 1.63. The van der Waals surface area contributed by atoms with E-state index in [4.69, 9.17) is 15.0 Å². The quantitative estimate of drug-likeness (QED) is 0.868. The molecular formula is C12H15N3O2. The van der Waals surface area contributed by atoms with Crippen LogP contribution < -0.4 is 10.5 Å². The number of nitrogens with two attached hydrogens (primary N) is 1. The van der Waals surface area contributed by atoms with Crippen molar-refractivity contribution < 1.29 is 9.26 Å². The topological polar surface area (TPSA) is 74.2 Å². The smallest absolute Gasteiger partial charge is 0.261 e. The molecule has 1 aromatic heterocycles. The third-order valence-corrected chi connectivity index (χ3v) is 2.31. The highest BCUT2D eigenvalue weighted by molar-refractivity contribution is 5.62. The Kier molecular flexibility index (Phi) is 3.39. The van der Waals surface area contributed by atoms with Crippen LogP contribution in [-0.2, 0) is 6.42 Å². The van der Waals surface area contributed by atoms with E-state index in [1.165, 1.54) is 0 Å². The molecule has 1 atom stereocenters. The minimum absolute atomic E-state index is 0.0121. The summed E-state index contributed by atoms with van der Waals surface area (Å²) in [5.74, 6) is 1.78. The summed E-state index contributed by atoms with van der Waals surface area (Å²) in [4.78, 5) is 4.29. The molecule has 2 aromatic rings. The second-order valence-electron chi connectivity index (χ2n) is 3.90. The van der Waals surface area contributed by atoms with Crippen LogP contribution in [0.25, 0.3) is 11.5 Å². The van der Waals surface area contributed by atoms with Gasteiger partial charge >= 0.3 is 0 Å². The van der Waals surface area contributed by atoms with Crippen molar-refractivity contribution in [3.8, 4) is 17.2 Å². The summed E-state index contributed by atoms with van der Waals surface area (Å²) in [5, 5.41) is 3.89. The van der Waals surface area contributed by atoms with Crippen LogP contribution in [-0.4, -0.2) is 23.3 Å². The zero-order chi connectivity index (χ0) is 12.3. The van der Waals surface area contributed by atoms with Gasteiger partial charge in [-0.1, -0.05) is 17.3 Å². The number of para-hydroxylation sites is 1. The van der Waals surface area contributed by atoms with Crippen LogP contribution in [0.3, 0.4) is 0 Å². The molecule has 5 heteroatoms. The van der Waals surface area contributed by atoms with Crippen LogP contribution >= 0.6 is 0 Å². The van der Waals surface area contributed by atoms with E-state index in [1.54, 1.807) is 7.11 Å². The maximum absolute atomic E-state index is 5.68. The van der Waals surface area contributed by atoms with Gasteiger partial charge < -0.3 is 15.0 Å². The van der Waals surface area contributed by atoms with E-state index < -0.39 is 0 Å². The first-order valence-electron chi connectivity index (χ1n) is 5.42. The lowest BCUT2D eigenvalue weighted by atomic mass is 10.2. The molecule has 0 spiro atoms. The van der Waals surface area contributed by atoms with Crippen LogP contribution in [0.5, 0.6) is 5.75 Å². The van der Waals surface area contributed by atoms with Crippen molar-refractivity contribution >= 4 is 0 Å². The summed E-state index contributed by atoms with van der Waals surface area (Å²) in [5.41, 5.74) is 6.47. The summed E-state index contributed by atoms with van der Waals surface area (Å²) in [7, 11) is 1.61. The molecule has 0 aliphatic heterocycles. The number of nitrogens with zero attached hydrogens (tertiary/aromatic N) is 2. The van der Waals surface area contributed by atoms with Gasteiger partial charge in [0.25, 0.3) is 5.89 Å². The number of hydrogen-bond acceptors (Lipinski definition) is 5. The van der Waals surface area contributed by atoms with Crippen molar-refractivity contribution in [3.63, 3.8) is 0 Å². The Morgan fingerprint density at radius 1 is 1.41 bits per heavy atom. The zero-order valence-corrected chi connectivity index (χ0v) is 9.88. The van der Waals surface area contributed by atoms with Crippen molar-refractivity contribution in [1.82, 2.24) is 10.1 Å². The van der Waals surface area contributed by atoms with Crippen molar-refractivity contribution in [3.05, 3.63) is 30.1 Å². The number of hydrogen-bond donors (Lipinski definition) is 1. The van der Waals surface area contributed by atoms with Gasteiger partial charge in [-0.15, -0.1) is 0 Å². The summed E-state index contributed by atoms with van der Waals surface area (Å²) in [6, 6.07) is 7.53. The maximum atomic E-state index is 5.68. The first-order chi connectivity index (χ1) is 8.20. The lowest BCUT2D eigenvalue weighted by molar-refractivity contribution is 0.402. The molecule has 90 valence electrons.